The number of hydrogen-bond donors (Lipinski definition) is 2. The Labute approximate surface area is 248 Å². The van der Waals surface area contributed by atoms with Crippen molar-refractivity contribution in [2.24, 2.45) is 16.6 Å². The number of nitro groups is 2. The van der Waals surface area contributed by atoms with Crippen LogP contribution in [-0.2, 0) is 0 Å². The first-order chi connectivity index (χ1) is 17.3. The smallest absolute Gasteiger partial charge is 0.283 e. The van der Waals surface area contributed by atoms with Gasteiger partial charge < -0.3 is 11.1 Å². The highest BCUT2D eigenvalue weighted by Gasteiger charge is 2.26. The maximum absolute atomic E-state index is 12.4. The number of halogens is 3. The molecule has 0 spiro atoms. The molecule has 0 fully saturated rings. The predicted octanol–water partition coefficient (Wildman–Crippen LogP) is 9.64. The fraction of sp³-hybridized carbons (Fsp3) is 0.571. The van der Waals surface area contributed by atoms with E-state index in [2.05, 4.69) is 106 Å². The van der Waals surface area contributed by atoms with Crippen molar-refractivity contribution in [3.8, 4) is 0 Å². The minimum absolute atomic E-state index is 0.0156. The molecule has 39 heavy (non-hydrogen) atoms. The molecule has 2 aromatic rings. The third kappa shape index (κ3) is 17.2. The van der Waals surface area contributed by atoms with E-state index in [0.29, 0.717) is 9.89 Å². The summed E-state index contributed by atoms with van der Waals surface area (Å²) in [5.74, 6) is -0.498. The summed E-state index contributed by atoms with van der Waals surface area (Å²) in [6, 6.07) is 8.22. The summed E-state index contributed by atoms with van der Waals surface area (Å²) in [7, 11) is 0. The lowest BCUT2D eigenvalue weighted by molar-refractivity contribution is -0.385. The normalized spacial score (nSPS) is 11.9. The summed E-state index contributed by atoms with van der Waals surface area (Å²) in [5.41, 5.74) is 7.14. The molecule has 0 saturated heterocycles. The maximum Gasteiger partial charge on any atom is 0.283 e. The van der Waals surface area contributed by atoms with E-state index < -0.39 is 15.7 Å². The number of nitrogens with one attached hydrogen (secondary N) is 1. The Hall–Kier alpha value is -2.11. The Balaban J connectivity index is 0.000000612. The lowest BCUT2D eigenvalue weighted by atomic mass is 9.81. The molecule has 2 rings (SSSR count). The SMILES string of the molecule is CC(C)(C)CC(C)(C)N.CC(C)(C)CC(C)(C)Nc1ccc([N+](=O)[O-])c(Br)c1.O=[N+]([O-])c1ccc(F)cc1Br. The van der Waals surface area contributed by atoms with Crippen LogP contribution in [0.25, 0.3) is 0 Å². The first kappa shape index (κ1) is 36.9. The van der Waals surface area contributed by atoms with Crippen LogP contribution in [0.4, 0.5) is 21.5 Å². The summed E-state index contributed by atoms with van der Waals surface area (Å²) in [6.45, 7) is 21.6. The molecule has 0 atom stereocenters. The van der Waals surface area contributed by atoms with Gasteiger partial charge in [-0.15, -0.1) is 0 Å². The van der Waals surface area contributed by atoms with Crippen molar-refractivity contribution in [3.05, 3.63) is 71.4 Å². The van der Waals surface area contributed by atoms with Gasteiger partial charge in [-0.1, -0.05) is 41.5 Å². The van der Waals surface area contributed by atoms with Crippen molar-refractivity contribution in [2.45, 2.75) is 93.2 Å². The van der Waals surface area contributed by atoms with Gasteiger partial charge in [-0.2, -0.15) is 0 Å². The summed E-state index contributed by atoms with van der Waals surface area (Å²) in [5, 5.41) is 24.4. The number of rotatable bonds is 6. The molecule has 0 aliphatic carbocycles. The fourth-order valence-electron chi connectivity index (χ4n) is 4.49. The molecule has 3 N–H and O–H groups in total. The minimum Gasteiger partial charge on any atom is -0.380 e. The van der Waals surface area contributed by atoms with Crippen LogP contribution in [0.2, 0.25) is 0 Å². The zero-order valence-corrected chi connectivity index (χ0v) is 27.8. The second kappa shape index (κ2) is 14.5. The average Bonchev–Trinajstić information content (AvgIpc) is 2.63. The third-order valence-corrected chi connectivity index (χ3v) is 5.96. The minimum atomic E-state index is -0.580. The molecule has 0 heterocycles. The number of nitrogens with zero attached hydrogens (tertiary/aromatic N) is 2. The molecule has 0 aromatic heterocycles. The quantitative estimate of drug-likeness (QED) is 0.232. The van der Waals surface area contributed by atoms with Crippen molar-refractivity contribution >= 4 is 48.9 Å². The maximum atomic E-state index is 12.4. The van der Waals surface area contributed by atoms with E-state index in [1.165, 1.54) is 6.07 Å². The third-order valence-electron chi connectivity index (χ3n) is 4.69. The van der Waals surface area contributed by atoms with Gasteiger partial charge in [0.1, 0.15) is 5.82 Å². The van der Waals surface area contributed by atoms with Gasteiger partial charge >= 0.3 is 0 Å². The van der Waals surface area contributed by atoms with Crippen molar-refractivity contribution in [1.82, 2.24) is 0 Å². The Morgan fingerprint density at radius 2 is 1.18 bits per heavy atom. The molecule has 0 aliphatic heterocycles. The molecule has 0 bridgehead atoms. The van der Waals surface area contributed by atoms with Crippen LogP contribution in [-0.4, -0.2) is 20.9 Å². The van der Waals surface area contributed by atoms with E-state index in [-0.39, 0.29) is 32.3 Å². The second-order valence-corrected chi connectivity index (χ2v) is 15.0. The van der Waals surface area contributed by atoms with E-state index in [1.54, 1.807) is 12.1 Å². The van der Waals surface area contributed by atoms with Crippen molar-refractivity contribution < 1.29 is 14.2 Å². The lowest BCUT2D eigenvalue weighted by Gasteiger charge is -2.34. The zero-order chi connectivity index (χ0) is 31.0. The van der Waals surface area contributed by atoms with Gasteiger partial charge in [0, 0.05) is 28.9 Å². The summed E-state index contributed by atoms with van der Waals surface area (Å²) < 4.78 is 13.0. The summed E-state index contributed by atoms with van der Waals surface area (Å²) in [6.07, 6.45) is 2.06. The van der Waals surface area contributed by atoms with Gasteiger partial charge in [0.15, 0.2) is 0 Å². The standard InChI is InChI=1S/C14H21BrN2O2.C8H19N.C6H3BrFNO2/c1-13(2,3)9-14(4,5)16-10-6-7-12(17(18)19)11(15)8-10;1-7(2,3)6-8(4,5)9;7-5-3-4(8)1-2-6(5)9(10)11/h6-8,16H,9H2,1-5H3;6,9H2,1-5H3;1-3H. The molecule has 220 valence electrons. The van der Waals surface area contributed by atoms with Gasteiger partial charge in [0.05, 0.1) is 18.8 Å². The average molecular weight is 678 g/mol. The van der Waals surface area contributed by atoms with Crippen LogP contribution in [0.3, 0.4) is 0 Å². The summed E-state index contributed by atoms with van der Waals surface area (Å²) >= 11 is 6.10. The Bertz CT molecular complexity index is 1110. The number of hydrogen-bond acceptors (Lipinski definition) is 6. The summed E-state index contributed by atoms with van der Waals surface area (Å²) in [4.78, 5) is 20.0. The number of nitro benzene ring substituents is 2. The van der Waals surface area contributed by atoms with Gasteiger partial charge in [-0.25, -0.2) is 4.39 Å². The van der Waals surface area contributed by atoms with Gasteiger partial charge in [-0.3, -0.25) is 20.2 Å². The van der Waals surface area contributed by atoms with E-state index in [1.807, 2.05) is 0 Å². The fourth-order valence-corrected chi connectivity index (χ4v) is 5.51. The van der Waals surface area contributed by atoms with Crippen LogP contribution in [0.5, 0.6) is 0 Å². The Morgan fingerprint density at radius 1 is 0.769 bits per heavy atom. The van der Waals surface area contributed by atoms with Crippen LogP contribution in [0.15, 0.2) is 45.3 Å². The van der Waals surface area contributed by atoms with Gasteiger partial charge in [0.2, 0.25) is 0 Å². The molecule has 0 aliphatic rings. The predicted molar refractivity (Wildman–Crippen MR) is 166 cm³/mol. The van der Waals surface area contributed by atoms with Crippen molar-refractivity contribution in [3.63, 3.8) is 0 Å². The first-order valence-electron chi connectivity index (χ1n) is 12.4. The highest BCUT2D eigenvalue weighted by Crippen LogP contribution is 2.33. The van der Waals surface area contributed by atoms with Crippen LogP contribution in [0.1, 0.15) is 82.1 Å². The second-order valence-electron chi connectivity index (χ2n) is 13.2. The molecule has 0 amide bonds. The molecular formula is C28H43Br2FN4O4. The molecular weight excluding hydrogens is 635 g/mol. The topological polar surface area (TPSA) is 124 Å². The lowest BCUT2D eigenvalue weighted by Crippen LogP contribution is -2.36. The zero-order valence-electron chi connectivity index (χ0n) is 24.6. The monoisotopic (exact) mass is 676 g/mol. The van der Waals surface area contributed by atoms with Crippen LogP contribution in [0, 0.1) is 36.9 Å². The van der Waals surface area contributed by atoms with Crippen LogP contribution < -0.4 is 11.1 Å². The van der Waals surface area contributed by atoms with E-state index in [0.717, 1.165) is 36.7 Å². The molecule has 0 unspecified atom stereocenters. The van der Waals surface area contributed by atoms with Gasteiger partial charge in [0.25, 0.3) is 11.4 Å². The highest BCUT2D eigenvalue weighted by atomic mass is 79.9. The van der Waals surface area contributed by atoms with Crippen molar-refractivity contribution in [2.75, 3.05) is 5.32 Å². The van der Waals surface area contributed by atoms with E-state index >= 15 is 0 Å². The number of benzene rings is 2. The molecule has 0 saturated carbocycles. The first-order valence-corrected chi connectivity index (χ1v) is 14.0. The molecule has 11 heteroatoms. The highest BCUT2D eigenvalue weighted by molar-refractivity contribution is 9.11. The molecule has 2 aromatic carbocycles. The van der Waals surface area contributed by atoms with Crippen molar-refractivity contribution in [1.29, 1.82) is 0 Å². The van der Waals surface area contributed by atoms with Gasteiger partial charge in [-0.05, 0) is 107 Å². The number of anilines is 1. The van der Waals surface area contributed by atoms with Crippen LogP contribution >= 0.6 is 31.9 Å². The Morgan fingerprint density at radius 3 is 1.49 bits per heavy atom. The number of nitrogens with two attached hydrogens (primary N) is 1. The molecule has 8 nitrogen and oxygen atoms in total. The molecule has 0 radical (unpaired) electrons. The Kier molecular flexibility index (Phi) is 13.7. The van der Waals surface area contributed by atoms with E-state index in [4.69, 9.17) is 5.73 Å². The largest absolute Gasteiger partial charge is 0.380 e. The van der Waals surface area contributed by atoms with E-state index in [9.17, 15) is 24.6 Å².